The quantitative estimate of drug-likeness (QED) is 0.718. The van der Waals surface area contributed by atoms with Crippen LogP contribution in [0.4, 0.5) is 4.79 Å². The summed E-state index contributed by atoms with van der Waals surface area (Å²) in [6.45, 7) is 0.329. The number of carbonyl (C=O) groups is 1. The van der Waals surface area contributed by atoms with Gasteiger partial charge in [-0.2, -0.15) is 5.48 Å². The SMILES string of the molecule is COC(=O)NOCc1ccccc1. The third-order valence-corrected chi connectivity index (χ3v) is 1.42. The number of ether oxygens (including phenoxy) is 1. The minimum atomic E-state index is -0.601. The minimum absolute atomic E-state index is 0.329. The third-order valence-electron chi connectivity index (χ3n) is 1.42. The number of hydrogen-bond acceptors (Lipinski definition) is 3. The van der Waals surface area contributed by atoms with Gasteiger partial charge in [0.05, 0.1) is 13.7 Å². The van der Waals surface area contributed by atoms with Gasteiger partial charge < -0.3 is 4.74 Å². The van der Waals surface area contributed by atoms with Gasteiger partial charge in [0.1, 0.15) is 0 Å². The molecule has 0 unspecified atom stereocenters. The lowest BCUT2D eigenvalue weighted by molar-refractivity contribution is 0.0250. The molecule has 0 radical (unpaired) electrons. The van der Waals surface area contributed by atoms with Gasteiger partial charge in [-0.1, -0.05) is 30.3 Å². The molecule has 0 aliphatic heterocycles. The molecule has 0 heterocycles. The van der Waals surface area contributed by atoms with Crippen LogP contribution in [0, 0.1) is 0 Å². The molecule has 0 aliphatic carbocycles. The Hall–Kier alpha value is -1.55. The van der Waals surface area contributed by atoms with Crippen molar-refractivity contribution < 1.29 is 14.4 Å². The number of benzene rings is 1. The average Bonchev–Trinajstić information content (AvgIpc) is 2.19. The molecule has 0 aromatic heterocycles. The van der Waals surface area contributed by atoms with Crippen LogP contribution in [-0.4, -0.2) is 13.2 Å². The van der Waals surface area contributed by atoms with Gasteiger partial charge in [0.25, 0.3) is 0 Å². The lowest BCUT2D eigenvalue weighted by atomic mass is 10.2. The number of hydroxylamine groups is 1. The average molecular weight is 181 g/mol. The monoisotopic (exact) mass is 181 g/mol. The van der Waals surface area contributed by atoms with Crippen molar-refractivity contribution in [2.24, 2.45) is 0 Å². The van der Waals surface area contributed by atoms with E-state index in [1.807, 2.05) is 30.3 Å². The summed E-state index contributed by atoms with van der Waals surface area (Å²) < 4.78 is 4.31. The summed E-state index contributed by atoms with van der Waals surface area (Å²) in [4.78, 5) is 15.4. The van der Waals surface area contributed by atoms with Crippen LogP contribution in [0.5, 0.6) is 0 Å². The first-order valence-corrected chi connectivity index (χ1v) is 3.82. The fourth-order valence-corrected chi connectivity index (χ4v) is 0.794. The van der Waals surface area contributed by atoms with E-state index in [1.165, 1.54) is 7.11 Å². The molecule has 13 heavy (non-hydrogen) atoms. The lowest BCUT2D eigenvalue weighted by Crippen LogP contribution is -2.22. The summed E-state index contributed by atoms with van der Waals surface area (Å²) in [5.41, 5.74) is 3.10. The minimum Gasteiger partial charge on any atom is -0.451 e. The highest BCUT2D eigenvalue weighted by Gasteiger charge is 1.97. The number of nitrogens with one attached hydrogen (secondary N) is 1. The van der Waals surface area contributed by atoms with Gasteiger partial charge in [0.15, 0.2) is 0 Å². The highest BCUT2D eigenvalue weighted by atomic mass is 16.7. The van der Waals surface area contributed by atoms with Crippen LogP contribution < -0.4 is 5.48 Å². The molecule has 1 rings (SSSR count). The molecular weight excluding hydrogens is 170 g/mol. The van der Waals surface area contributed by atoms with E-state index < -0.39 is 6.09 Å². The number of rotatable bonds is 3. The summed E-state index contributed by atoms with van der Waals surface area (Å²) in [7, 11) is 1.28. The molecule has 1 N–H and O–H groups in total. The predicted molar refractivity (Wildman–Crippen MR) is 46.8 cm³/mol. The van der Waals surface area contributed by atoms with Gasteiger partial charge >= 0.3 is 6.09 Å². The second-order valence-electron chi connectivity index (χ2n) is 2.37. The molecule has 4 nitrogen and oxygen atoms in total. The number of amides is 1. The molecule has 4 heteroatoms. The Kier molecular flexibility index (Phi) is 3.78. The Bertz CT molecular complexity index is 261. The number of hydrogen-bond donors (Lipinski definition) is 1. The zero-order chi connectivity index (χ0) is 9.52. The molecular formula is C9H11NO3. The van der Waals surface area contributed by atoms with Gasteiger partial charge in [-0.3, -0.25) is 4.84 Å². The standard InChI is InChI=1S/C9H11NO3/c1-12-9(11)10-13-7-8-5-3-2-4-6-8/h2-6H,7H2,1H3,(H,10,11). The summed E-state index contributed by atoms with van der Waals surface area (Å²) in [6, 6.07) is 9.52. The van der Waals surface area contributed by atoms with Crippen LogP contribution in [0.3, 0.4) is 0 Å². The Labute approximate surface area is 76.4 Å². The van der Waals surface area contributed by atoms with Gasteiger partial charge in [-0.05, 0) is 5.56 Å². The molecule has 0 atom stereocenters. The summed E-state index contributed by atoms with van der Waals surface area (Å²) in [6.07, 6.45) is -0.601. The van der Waals surface area contributed by atoms with Crippen LogP contribution in [0.2, 0.25) is 0 Å². The van der Waals surface area contributed by atoms with Crippen molar-refractivity contribution in [1.82, 2.24) is 5.48 Å². The largest absolute Gasteiger partial charge is 0.451 e. The van der Waals surface area contributed by atoms with E-state index >= 15 is 0 Å². The first-order chi connectivity index (χ1) is 6.33. The van der Waals surface area contributed by atoms with Crippen molar-refractivity contribution in [3.63, 3.8) is 0 Å². The van der Waals surface area contributed by atoms with Crippen molar-refractivity contribution in [1.29, 1.82) is 0 Å². The predicted octanol–water partition coefficient (Wildman–Crippen LogP) is 1.47. The van der Waals surface area contributed by atoms with E-state index in [9.17, 15) is 4.79 Å². The molecule has 0 aliphatic rings. The summed E-state index contributed by atoms with van der Waals surface area (Å²) >= 11 is 0. The van der Waals surface area contributed by atoms with Crippen LogP contribution in [-0.2, 0) is 16.2 Å². The topological polar surface area (TPSA) is 47.6 Å². The highest BCUT2D eigenvalue weighted by Crippen LogP contribution is 1.98. The molecule has 1 aromatic rings. The Balaban J connectivity index is 2.24. The van der Waals surface area contributed by atoms with E-state index in [0.29, 0.717) is 6.61 Å². The molecule has 70 valence electrons. The Morgan fingerprint density at radius 2 is 2.08 bits per heavy atom. The van der Waals surface area contributed by atoms with Gasteiger partial charge in [-0.15, -0.1) is 0 Å². The molecule has 0 saturated heterocycles. The molecule has 0 bridgehead atoms. The molecule has 1 amide bonds. The normalized spacial score (nSPS) is 9.31. The first-order valence-electron chi connectivity index (χ1n) is 3.82. The van der Waals surface area contributed by atoms with E-state index in [1.54, 1.807) is 0 Å². The van der Waals surface area contributed by atoms with Gasteiger partial charge in [-0.25, -0.2) is 4.79 Å². The van der Waals surface area contributed by atoms with Crippen molar-refractivity contribution in [2.75, 3.05) is 7.11 Å². The maximum absolute atomic E-state index is 10.5. The molecule has 1 aromatic carbocycles. The number of carbonyl (C=O) groups excluding carboxylic acids is 1. The van der Waals surface area contributed by atoms with Crippen LogP contribution in [0.15, 0.2) is 30.3 Å². The van der Waals surface area contributed by atoms with E-state index in [2.05, 4.69) is 10.2 Å². The van der Waals surface area contributed by atoms with Crippen LogP contribution in [0.1, 0.15) is 5.56 Å². The van der Waals surface area contributed by atoms with Crippen molar-refractivity contribution >= 4 is 6.09 Å². The smallest absolute Gasteiger partial charge is 0.431 e. The maximum atomic E-state index is 10.5. The molecule has 0 spiro atoms. The zero-order valence-corrected chi connectivity index (χ0v) is 7.32. The Morgan fingerprint density at radius 3 is 2.69 bits per heavy atom. The molecule has 0 saturated carbocycles. The van der Waals surface area contributed by atoms with Gasteiger partial charge in [0.2, 0.25) is 0 Å². The van der Waals surface area contributed by atoms with E-state index in [0.717, 1.165) is 5.56 Å². The van der Waals surface area contributed by atoms with Crippen LogP contribution in [0.25, 0.3) is 0 Å². The fourth-order valence-electron chi connectivity index (χ4n) is 0.794. The van der Waals surface area contributed by atoms with Crippen LogP contribution >= 0.6 is 0 Å². The second kappa shape index (κ2) is 5.16. The van der Waals surface area contributed by atoms with E-state index in [-0.39, 0.29) is 0 Å². The summed E-state index contributed by atoms with van der Waals surface area (Å²) in [5.74, 6) is 0. The molecule has 0 fully saturated rings. The lowest BCUT2D eigenvalue weighted by Gasteiger charge is -2.03. The van der Waals surface area contributed by atoms with E-state index in [4.69, 9.17) is 4.84 Å². The summed E-state index contributed by atoms with van der Waals surface area (Å²) in [5, 5.41) is 0. The number of methoxy groups -OCH3 is 1. The maximum Gasteiger partial charge on any atom is 0.431 e. The zero-order valence-electron chi connectivity index (χ0n) is 7.32. The Morgan fingerprint density at radius 1 is 1.38 bits per heavy atom. The highest BCUT2D eigenvalue weighted by molar-refractivity contribution is 5.65. The second-order valence-corrected chi connectivity index (χ2v) is 2.37. The fraction of sp³-hybridized carbons (Fsp3) is 0.222. The third kappa shape index (κ3) is 3.57. The van der Waals surface area contributed by atoms with Crippen molar-refractivity contribution in [3.05, 3.63) is 35.9 Å². The van der Waals surface area contributed by atoms with Crippen molar-refractivity contribution in [3.8, 4) is 0 Å². The van der Waals surface area contributed by atoms with Crippen molar-refractivity contribution in [2.45, 2.75) is 6.61 Å². The first kappa shape index (κ1) is 9.54. The van der Waals surface area contributed by atoms with Gasteiger partial charge in [0, 0.05) is 0 Å².